The molecular weight excluding hydrogens is 480 g/mol. The van der Waals surface area contributed by atoms with E-state index in [0.29, 0.717) is 47.1 Å². The number of urea groups is 1. The lowest BCUT2D eigenvalue weighted by atomic mass is 10.1. The highest BCUT2D eigenvalue weighted by Gasteiger charge is 2.38. The van der Waals surface area contributed by atoms with Crippen molar-refractivity contribution >= 4 is 45.5 Å². The third kappa shape index (κ3) is 4.77. The number of para-hydroxylation sites is 2. The number of ether oxygens (including phenoxy) is 3. The number of carbonyl (C=O) groups is 3. The minimum atomic E-state index is -0.841. The summed E-state index contributed by atoms with van der Waals surface area (Å²) in [4.78, 5) is 39.2. The Bertz CT molecular complexity index is 1080. The van der Waals surface area contributed by atoms with Gasteiger partial charge < -0.3 is 14.2 Å². The van der Waals surface area contributed by atoms with Gasteiger partial charge in [0.1, 0.15) is 11.3 Å². The third-order valence-corrected chi connectivity index (χ3v) is 5.03. The van der Waals surface area contributed by atoms with Crippen LogP contribution in [0.1, 0.15) is 26.3 Å². The summed E-state index contributed by atoms with van der Waals surface area (Å²) >= 11 is 3.45. The summed E-state index contributed by atoms with van der Waals surface area (Å²) in [5.74, 6) is -0.191. The Hall–Kier alpha value is -3.33. The third-order valence-electron chi connectivity index (χ3n) is 4.44. The predicted octanol–water partition coefficient (Wildman–Crippen LogP) is 4.31. The average Bonchev–Trinajstić information content (AvgIpc) is 2.75. The molecule has 8 nitrogen and oxygen atoms in total. The standard InChI is InChI=1S/C23H23BrN2O6/c1-4-30-18-10-8-7-9-17(18)26-22(28)15(21(27)25-23(26)29)11-14-12-16(24)20(32-6-3)19(13-14)31-5-2/h7-13H,4-6H2,1-3H3,(H,25,27,29)/b15-11+. The van der Waals surface area contributed by atoms with E-state index in [9.17, 15) is 14.4 Å². The van der Waals surface area contributed by atoms with E-state index in [-0.39, 0.29) is 11.3 Å². The summed E-state index contributed by atoms with van der Waals surface area (Å²) in [7, 11) is 0. The van der Waals surface area contributed by atoms with Gasteiger partial charge in [-0.2, -0.15) is 0 Å². The van der Waals surface area contributed by atoms with Crippen LogP contribution in [0.25, 0.3) is 6.08 Å². The normalized spacial score (nSPS) is 15.1. The lowest BCUT2D eigenvalue weighted by Crippen LogP contribution is -2.54. The molecule has 0 aliphatic carbocycles. The molecule has 0 unspecified atom stereocenters. The number of benzene rings is 2. The molecule has 3 rings (SSSR count). The van der Waals surface area contributed by atoms with Gasteiger partial charge in [-0.05, 0) is 72.6 Å². The number of hydrogen-bond donors (Lipinski definition) is 1. The van der Waals surface area contributed by atoms with E-state index in [2.05, 4.69) is 21.2 Å². The minimum Gasteiger partial charge on any atom is -0.492 e. The molecule has 4 amide bonds. The predicted molar refractivity (Wildman–Crippen MR) is 123 cm³/mol. The number of barbiturate groups is 1. The number of anilines is 1. The quantitative estimate of drug-likeness (QED) is 0.426. The van der Waals surface area contributed by atoms with Gasteiger partial charge in [0.05, 0.1) is 30.0 Å². The fourth-order valence-electron chi connectivity index (χ4n) is 3.18. The molecule has 0 aromatic heterocycles. The first-order valence-electron chi connectivity index (χ1n) is 10.1. The molecule has 9 heteroatoms. The van der Waals surface area contributed by atoms with Crippen LogP contribution in [0.5, 0.6) is 17.2 Å². The van der Waals surface area contributed by atoms with Gasteiger partial charge in [0, 0.05) is 0 Å². The van der Waals surface area contributed by atoms with Crippen molar-refractivity contribution in [2.24, 2.45) is 0 Å². The second-order valence-electron chi connectivity index (χ2n) is 6.55. The van der Waals surface area contributed by atoms with Gasteiger partial charge in [0.15, 0.2) is 11.5 Å². The summed E-state index contributed by atoms with van der Waals surface area (Å²) in [6.07, 6.45) is 1.41. The first-order valence-corrected chi connectivity index (χ1v) is 10.9. The topological polar surface area (TPSA) is 94.2 Å². The second kappa shape index (κ2) is 10.3. The zero-order valence-corrected chi connectivity index (χ0v) is 19.5. The molecule has 0 saturated carbocycles. The fourth-order valence-corrected chi connectivity index (χ4v) is 3.76. The number of rotatable bonds is 8. The van der Waals surface area contributed by atoms with Gasteiger partial charge in [-0.1, -0.05) is 12.1 Å². The number of carbonyl (C=O) groups excluding carboxylic acids is 3. The van der Waals surface area contributed by atoms with Crippen molar-refractivity contribution in [3.8, 4) is 17.2 Å². The molecule has 1 aliphatic rings. The van der Waals surface area contributed by atoms with E-state index < -0.39 is 17.8 Å². The number of imide groups is 2. The zero-order chi connectivity index (χ0) is 23.3. The molecule has 1 saturated heterocycles. The fraction of sp³-hybridized carbons (Fsp3) is 0.261. The Morgan fingerprint density at radius 2 is 1.59 bits per heavy atom. The van der Waals surface area contributed by atoms with Crippen LogP contribution < -0.4 is 24.4 Å². The molecule has 1 fully saturated rings. The summed E-state index contributed by atoms with van der Waals surface area (Å²) in [5, 5.41) is 2.22. The smallest absolute Gasteiger partial charge is 0.336 e. The second-order valence-corrected chi connectivity index (χ2v) is 7.41. The first kappa shape index (κ1) is 23.3. The van der Waals surface area contributed by atoms with Crippen molar-refractivity contribution in [1.82, 2.24) is 5.32 Å². The molecule has 1 aliphatic heterocycles. The lowest BCUT2D eigenvalue weighted by Gasteiger charge is -2.27. The number of halogens is 1. The Labute approximate surface area is 194 Å². The number of hydrogen-bond acceptors (Lipinski definition) is 6. The maximum Gasteiger partial charge on any atom is 0.336 e. The van der Waals surface area contributed by atoms with E-state index in [4.69, 9.17) is 14.2 Å². The summed E-state index contributed by atoms with van der Waals surface area (Å²) in [6.45, 7) is 6.69. The van der Waals surface area contributed by atoms with Crippen LogP contribution in [-0.4, -0.2) is 37.7 Å². The van der Waals surface area contributed by atoms with Crippen molar-refractivity contribution < 1.29 is 28.6 Å². The first-order chi connectivity index (χ1) is 15.4. The van der Waals surface area contributed by atoms with E-state index >= 15 is 0 Å². The summed E-state index contributed by atoms with van der Waals surface area (Å²) in [6, 6.07) is 9.17. The Kier molecular flexibility index (Phi) is 7.53. The van der Waals surface area contributed by atoms with Gasteiger partial charge in [0.25, 0.3) is 11.8 Å². The minimum absolute atomic E-state index is 0.200. The largest absolute Gasteiger partial charge is 0.492 e. The van der Waals surface area contributed by atoms with Gasteiger partial charge in [0.2, 0.25) is 0 Å². The van der Waals surface area contributed by atoms with Gasteiger partial charge in [-0.15, -0.1) is 0 Å². The molecule has 2 aromatic carbocycles. The highest BCUT2D eigenvalue weighted by atomic mass is 79.9. The van der Waals surface area contributed by atoms with Crippen molar-refractivity contribution in [3.63, 3.8) is 0 Å². The number of nitrogens with one attached hydrogen (secondary N) is 1. The highest BCUT2D eigenvalue weighted by Crippen LogP contribution is 2.38. The molecule has 0 bridgehead atoms. The van der Waals surface area contributed by atoms with Gasteiger partial charge in [-0.3, -0.25) is 14.9 Å². The molecule has 2 aromatic rings. The van der Waals surface area contributed by atoms with Crippen molar-refractivity contribution in [3.05, 3.63) is 52.0 Å². The van der Waals surface area contributed by atoms with E-state index in [1.54, 1.807) is 43.3 Å². The van der Waals surface area contributed by atoms with Crippen LogP contribution in [0.15, 0.2) is 46.4 Å². The molecule has 1 heterocycles. The SMILES string of the molecule is CCOc1ccccc1N1C(=O)NC(=O)/C(=C\c2cc(Br)c(OCC)c(OCC)c2)C1=O. The van der Waals surface area contributed by atoms with Crippen LogP contribution in [0, 0.1) is 0 Å². The summed E-state index contributed by atoms with van der Waals surface area (Å²) < 4.78 is 17.4. The van der Waals surface area contributed by atoms with Crippen LogP contribution in [0.3, 0.4) is 0 Å². The molecule has 0 spiro atoms. The molecule has 0 radical (unpaired) electrons. The molecule has 1 N–H and O–H groups in total. The zero-order valence-electron chi connectivity index (χ0n) is 17.9. The Balaban J connectivity index is 2.05. The summed E-state index contributed by atoms with van der Waals surface area (Å²) in [5.41, 5.74) is 0.571. The molecule has 168 valence electrons. The van der Waals surface area contributed by atoms with Crippen molar-refractivity contribution in [2.45, 2.75) is 20.8 Å². The van der Waals surface area contributed by atoms with Crippen LogP contribution in [0.4, 0.5) is 10.5 Å². The van der Waals surface area contributed by atoms with Gasteiger partial charge in [-0.25, -0.2) is 9.69 Å². The maximum absolute atomic E-state index is 13.2. The van der Waals surface area contributed by atoms with Crippen molar-refractivity contribution in [2.75, 3.05) is 24.7 Å². The lowest BCUT2D eigenvalue weighted by molar-refractivity contribution is -0.122. The molecular formula is C23H23BrN2O6. The Morgan fingerprint density at radius 3 is 2.28 bits per heavy atom. The number of amides is 4. The van der Waals surface area contributed by atoms with Gasteiger partial charge >= 0.3 is 6.03 Å². The Morgan fingerprint density at radius 1 is 0.938 bits per heavy atom. The highest BCUT2D eigenvalue weighted by molar-refractivity contribution is 9.10. The van der Waals surface area contributed by atoms with E-state index in [1.165, 1.54) is 6.08 Å². The van der Waals surface area contributed by atoms with Crippen LogP contribution in [0.2, 0.25) is 0 Å². The monoisotopic (exact) mass is 502 g/mol. The molecule has 0 atom stereocenters. The van der Waals surface area contributed by atoms with E-state index in [0.717, 1.165) is 4.90 Å². The van der Waals surface area contributed by atoms with Crippen LogP contribution in [-0.2, 0) is 9.59 Å². The van der Waals surface area contributed by atoms with Crippen LogP contribution >= 0.6 is 15.9 Å². The maximum atomic E-state index is 13.2. The number of nitrogens with zero attached hydrogens (tertiary/aromatic N) is 1. The van der Waals surface area contributed by atoms with E-state index in [1.807, 2.05) is 13.8 Å². The molecule has 32 heavy (non-hydrogen) atoms. The van der Waals surface area contributed by atoms with Crippen molar-refractivity contribution in [1.29, 1.82) is 0 Å². The average molecular weight is 503 g/mol.